The lowest BCUT2D eigenvalue weighted by Gasteiger charge is -2.18. The van der Waals surface area contributed by atoms with Crippen LogP contribution in [-0.2, 0) is 4.74 Å². The first-order chi connectivity index (χ1) is 16.1. The molecule has 0 spiro atoms. The third kappa shape index (κ3) is 4.18. The summed E-state index contributed by atoms with van der Waals surface area (Å²) < 4.78 is 5.49. The second kappa shape index (κ2) is 9.01. The molecule has 2 aromatic carbocycles. The van der Waals surface area contributed by atoms with Crippen LogP contribution in [0.15, 0.2) is 67.0 Å². The Balaban J connectivity index is 1.13. The van der Waals surface area contributed by atoms with E-state index in [1.54, 1.807) is 12.3 Å². The van der Waals surface area contributed by atoms with Crippen LogP contribution in [0.25, 0.3) is 22.2 Å². The number of amides is 1. The maximum Gasteiger partial charge on any atom is 0.407 e. The Morgan fingerprint density at radius 1 is 1.06 bits per heavy atom. The largest absolute Gasteiger partial charge is 0.449 e. The Morgan fingerprint density at radius 2 is 1.76 bits per heavy atom. The number of pyridine rings is 1. The van der Waals surface area contributed by atoms with Gasteiger partial charge < -0.3 is 20.3 Å². The number of H-pyrrole nitrogens is 1. The average molecular weight is 444 g/mol. The summed E-state index contributed by atoms with van der Waals surface area (Å²) in [5.41, 5.74) is 5.72. The number of alkyl carbamates (subject to hydrolysis) is 1. The Bertz CT molecular complexity index is 1240. The molecular weight excluding hydrogens is 420 g/mol. The van der Waals surface area contributed by atoms with Gasteiger partial charge in [0, 0.05) is 29.6 Å². The fourth-order valence-corrected chi connectivity index (χ4v) is 4.37. The van der Waals surface area contributed by atoms with Gasteiger partial charge in [0.1, 0.15) is 12.7 Å². The number of nitrogens with zero attached hydrogens (tertiary/aromatic N) is 2. The van der Waals surface area contributed by atoms with E-state index in [9.17, 15) is 15.0 Å². The van der Waals surface area contributed by atoms with E-state index in [1.807, 2.05) is 24.3 Å². The number of aromatic amines is 1. The van der Waals surface area contributed by atoms with Gasteiger partial charge in [-0.2, -0.15) is 5.10 Å². The van der Waals surface area contributed by atoms with Gasteiger partial charge in [0.15, 0.2) is 5.65 Å². The van der Waals surface area contributed by atoms with Gasteiger partial charge in [0.05, 0.1) is 12.3 Å². The number of aliphatic hydroxyl groups excluding tert-OH is 2. The van der Waals surface area contributed by atoms with E-state index in [0.29, 0.717) is 11.2 Å². The highest BCUT2D eigenvalue weighted by Crippen LogP contribution is 2.44. The number of aromatic nitrogens is 3. The van der Waals surface area contributed by atoms with Crippen molar-refractivity contribution in [3.63, 3.8) is 0 Å². The molecule has 2 aromatic heterocycles. The number of hydrogen-bond donors (Lipinski definition) is 4. The minimum atomic E-state index is -1.12. The summed E-state index contributed by atoms with van der Waals surface area (Å²) in [4.78, 5) is 16.4. The second-order valence-electron chi connectivity index (χ2n) is 8.13. The zero-order chi connectivity index (χ0) is 22.8. The van der Waals surface area contributed by atoms with Gasteiger partial charge in [-0.25, -0.2) is 9.78 Å². The summed E-state index contributed by atoms with van der Waals surface area (Å²) in [6.45, 7) is 0.387. The van der Waals surface area contributed by atoms with Crippen molar-refractivity contribution in [3.8, 4) is 11.1 Å². The highest BCUT2D eigenvalue weighted by Gasteiger charge is 2.29. The van der Waals surface area contributed by atoms with Crippen LogP contribution in [0.1, 0.15) is 35.1 Å². The van der Waals surface area contributed by atoms with Gasteiger partial charge in [-0.1, -0.05) is 48.5 Å². The Kier molecular flexibility index (Phi) is 5.77. The third-order valence-corrected chi connectivity index (χ3v) is 6.07. The summed E-state index contributed by atoms with van der Waals surface area (Å²) in [6.07, 6.45) is 0.511. The van der Waals surface area contributed by atoms with E-state index in [1.165, 1.54) is 17.3 Å². The van der Waals surface area contributed by atoms with Gasteiger partial charge in [-0.3, -0.25) is 5.10 Å². The monoisotopic (exact) mass is 444 g/mol. The van der Waals surface area contributed by atoms with Crippen LogP contribution in [0.4, 0.5) is 4.79 Å². The summed E-state index contributed by atoms with van der Waals surface area (Å²) >= 11 is 0. The summed E-state index contributed by atoms with van der Waals surface area (Å²) in [5.74, 6) is -0.0131. The quantitative estimate of drug-likeness (QED) is 0.347. The Hall–Kier alpha value is -3.75. The molecule has 4 aromatic rings. The smallest absolute Gasteiger partial charge is 0.407 e. The first-order valence-corrected chi connectivity index (χ1v) is 10.9. The number of carbonyl (C=O) groups excluding carboxylic acids is 1. The van der Waals surface area contributed by atoms with Gasteiger partial charge in [-0.05, 0) is 34.7 Å². The molecular formula is C25H24N4O4. The summed E-state index contributed by atoms with van der Waals surface area (Å²) in [7, 11) is 0. The number of nitrogens with one attached hydrogen (secondary N) is 2. The van der Waals surface area contributed by atoms with Crippen LogP contribution >= 0.6 is 0 Å². The maximum atomic E-state index is 12.3. The first-order valence-electron chi connectivity index (χ1n) is 10.9. The highest BCUT2D eigenvalue weighted by atomic mass is 16.5. The molecule has 2 unspecified atom stereocenters. The lowest BCUT2D eigenvalue weighted by Crippen LogP contribution is -2.30. The SMILES string of the molecule is O=C(NCCC(O)C(O)c1cnc2[nH]ncc2c1)OCC1c2ccccc2-c2ccccc21. The number of ether oxygens (including phenoxy) is 1. The normalized spacial score (nSPS) is 14.5. The summed E-state index contributed by atoms with van der Waals surface area (Å²) in [5, 5.41) is 30.8. The third-order valence-electron chi connectivity index (χ3n) is 6.07. The van der Waals surface area contributed by atoms with Crippen molar-refractivity contribution in [1.29, 1.82) is 0 Å². The minimum Gasteiger partial charge on any atom is -0.449 e. The number of carbonyl (C=O) groups is 1. The number of benzene rings is 2. The van der Waals surface area contributed by atoms with Crippen molar-refractivity contribution in [3.05, 3.63) is 83.7 Å². The first kappa shape index (κ1) is 21.1. The van der Waals surface area contributed by atoms with Crippen LogP contribution in [0, 0.1) is 0 Å². The molecule has 8 nitrogen and oxygen atoms in total. The predicted octanol–water partition coefficient (Wildman–Crippen LogP) is 3.28. The molecule has 0 saturated heterocycles. The van der Waals surface area contributed by atoms with E-state index in [0.717, 1.165) is 16.5 Å². The van der Waals surface area contributed by atoms with Crippen LogP contribution in [0.2, 0.25) is 0 Å². The van der Waals surface area contributed by atoms with Gasteiger partial charge in [0.25, 0.3) is 0 Å². The molecule has 2 atom stereocenters. The summed E-state index contributed by atoms with van der Waals surface area (Å²) in [6, 6.07) is 18.0. The molecule has 5 rings (SSSR count). The molecule has 33 heavy (non-hydrogen) atoms. The lowest BCUT2D eigenvalue weighted by molar-refractivity contribution is 0.0135. The van der Waals surface area contributed by atoms with E-state index in [-0.39, 0.29) is 25.5 Å². The molecule has 8 heteroatoms. The topological polar surface area (TPSA) is 120 Å². The lowest BCUT2D eigenvalue weighted by atomic mass is 9.98. The van der Waals surface area contributed by atoms with Crippen molar-refractivity contribution in [2.24, 2.45) is 0 Å². The molecule has 0 radical (unpaired) electrons. The van der Waals surface area contributed by atoms with Crippen molar-refractivity contribution in [2.75, 3.05) is 13.2 Å². The molecule has 0 saturated carbocycles. The fourth-order valence-electron chi connectivity index (χ4n) is 4.37. The van der Waals surface area contributed by atoms with E-state index in [2.05, 4.69) is 44.8 Å². The average Bonchev–Trinajstić information content (AvgIpc) is 3.44. The van der Waals surface area contributed by atoms with Crippen LogP contribution < -0.4 is 5.32 Å². The molecule has 168 valence electrons. The minimum absolute atomic E-state index is 0.0131. The number of aliphatic hydroxyl groups is 2. The van der Waals surface area contributed by atoms with Crippen molar-refractivity contribution in [1.82, 2.24) is 20.5 Å². The van der Waals surface area contributed by atoms with Gasteiger partial charge in [-0.15, -0.1) is 0 Å². The van der Waals surface area contributed by atoms with Crippen molar-refractivity contribution < 1.29 is 19.7 Å². The molecule has 4 N–H and O–H groups in total. The second-order valence-corrected chi connectivity index (χ2v) is 8.13. The van der Waals surface area contributed by atoms with E-state index < -0.39 is 18.3 Å². The molecule has 1 aliphatic rings. The number of hydrogen-bond acceptors (Lipinski definition) is 6. The predicted molar refractivity (Wildman–Crippen MR) is 123 cm³/mol. The van der Waals surface area contributed by atoms with Crippen LogP contribution in [-0.4, -0.2) is 50.7 Å². The van der Waals surface area contributed by atoms with Crippen molar-refractivity contribution in [2.45, 2.75) is 24.5 Å². The van der Waals surface area contributed by atoms with E-state index in [4.69, 9.17) is 4.74 Å². The highest BCUT2D eigenvalue weighted by molar-refractivity contribution is 5.79. The van der Waals surface area contributed by atoms with E-state index >= 15 is 0 Å². The van der Waals surface area contributed by atoms with Crippen LogP contribution in [0.5, 0.6) is 0 Å². The fraction of sp³-hybridized carbons (Fsp3) is 0.240. The Labute approximate surface area is 190 Å². The Morgan fingerprint density at radius 3 is 2.48 bits per heavy atom. The zero-order valence-corrected chi connectivity index (χ0v) is 17.8. The molecule has 0 fully saturated rings. The number of rotatable bonds is 7. The molecule has 1 aliphatic carbocycles. The van der Waals surface area contributed by atoms with Crippen LogP contribution in [0.3, 0.4) is 0 Å². The van der Waals surface area contributed by atoms with Crippen molar-refractivity contribution >= 4 is 17.1 Å². The zero-order valence-electron chi connectivity index (χ0n) is 17.8. The molecule has 2 heterocycles. The standard InChI is InChI=1S/C25H24N4O4/c30-22(23(31)15-11-16-13-28-29-24(16)27-12-15)9-10-26-25(32)33-14-21-19-7-3-1-5-17(19)18-6-2-4-8-20(18)21/h1-8,11-13,21-23,30-31H,9-10,14H2,(H,26,32)(H,27,28,29). The molecule has 1 amide bonds. The number of fused-ring (bicyclic) bond motifs is 4. The maximum absolute atomic E-state index is 12.3. The van der Waals surface area contributed by atoms with Gasteiger partial charge in [0.2, 0.25) is 0 Å². The molecule has 0 aliphatic heterocycles. The molecule has 0 bridgehead atoms. The van der Waals surface area contributed by atoms with Gasteiger partial charge >= 0.3 is 6.09 Å².